The third kappa shape index (κ3) is 9.82. The van der Waals surface area contributed by atoms with Crippen LogP contribution in [0.15, 0.2) is 21.6 Å². The Labute approximate surface area is 188 Å². The third-order valence-corrected chi connectivity index (χ3v) is 4.63. The number of rotatable bonds is 11. The number of nitrogens with one attached hydrogen (secondary N) is 2. The van der Waals surface area contributed by atoms with Crippen molar-refractivity contribution in [3.05, 3.63) is 22.2 Å². The molecule has 7 nitrogen and oxygen atoms in total. The first-order valence-electron chi connectivity index (χ1n) is 8.58. The summed E-state index contributed by atoms with van der Waals surface area (Å²) in [5.74, 6) is 2.16. The summed E-state index contributed by atoms with van der Waals surface area (Å²) in [5, 5.41) is 6.64. The zero-order chi connectivity index (χ0) is 19.4. The average molecular weight is 559 g/mol. The Hall–Kier alpha value is -0.780. The molecule has 1 aromatic carbocycles. The summed E-state index contributed by atoms with van der Waals surface area (Å²) in [5.41, 5.74) is 1.06. The van der Waals surface area contributed by atoms with E-state index in [1.807, 2.05) is 12.1 Å². The highest BCUT2D eigenvalue weighted by molar-refractivity contribution is 14.0. The molecule has 0 saturated carbocycles. The Bertz CT molecular complexity index is 576. The Balaban J connectivity index is 0.00000676. The summed E-state index contributed by atoms with van der Waals surface area (Å²) < 4.78 is 16.7. The Kier molecular flexibility index (Phi) is 14.7. The number of likely N-dealkylation sites (N-methyl/N-ethyl adjacent to an activating group) is 1. The predicted molar refractivity (Wildman–Crippen MR) is 125 cm³/mol. The summed E-state index contributed by atoms with van der Waals surface area (Å²) in [7, 11) is 8.86. The van der Waals surface area contributed by atoms with Gasteiger partial charge >= 0.3 is 0 Å². The van der Waals surface area contributed by atoms with Gasteiger partial charge in [0.2, 0.25) is 0 Å². The van der Waals surface area contributed by atoms with Gasteiger partial charge in [-0.05, 0) is 31.2 Å². The van der Waals surface area contributed by atoms with E-state index in [2.05, 4.69) is 43.5 Å². The molecular formula is C18H32BrIN4O3. The lowest BCUT2D eigenvalue weighted by molar-refractivity contribution is 0.180. The molecule has 0 bridgehead atoms. The van der Waals surface area contributed by atoms with Crippen LogP contribution < -0.4 is 20.1 Å². The van der Waals surface area contributed by atoms with E-state index in [1.54, 1.807) is 28.4 Å². The van der Waals surface area contributed by atoms with Crippen LogP contribution >= 0.6 is 39.9 Å². The zero-order valence-corrected chi connectivity index (χ0v) is 20.7. The number of benzene rings is 1. The maximum atomic E-state index is 5.36. The van der Waals surface area contributed by atoms with E-state index in [-0.39, 0.29) is 24.0 Å². The Morgan fingerprint density at radius 1 is 1.11 bits per heavy atom. The van der Waals surface area contributed by atoms with Crippen molar-refractivity contribution >= 4 is 45.9 Å². The molecule has 0 aromatic heterocycles. The van der Waals surface area contributed by atoms with Crippen molar-refractivity contribution in [1.29, 1.82) is 0 Å². The van der Waals surface area contributed by atoms with Crippen molar-refractivity contribution < 1.29 is 14.2 Å². The highest BCUT2D eigenvalue weighted by Gasteiger charge is 2.10. The monoisotopic (exact) mass is 558 g/mol. The van der Waals surface area contributed by atoms with Crippen LogP contribution in [0.1, 0.15) is 12.0 Å². The summed E-state index contributed by atoms with van der Waals surface area (Å²) in [4.78, 5) is 6.53. The minimum Gasteiger partial charge on any atom is -0.493 e. The van der Waals surface area contributed by atoms with Crippen molar-refractivity contribution in [2.75, 3.05) is 61.7 Å². The molecule has 0 unspecified atom stereocenters. The van der Waals surface area contributed by atoms with Gasteiger partial charge < -0.3 is 29.7 Å². The first-order valence-corrected chi connectivity index (χ1v) is 9.37. The van der Waals surface area contributed by atoms with Crippen molar-refractivity contribution in [2.45, 2.75) is 13.0 Å². The number of guanidine groups is 1. The van der Waals surface area contributed by atoms with Gasteiger partial charge in [-0.25, -0.2) is 0 Å². The molecule has 0 aliphatic heterocycles. The first kappa shape index (κ1) is 26.2. The molecule has 156 valence electrons. The fraction of sp³-hybridized carbons (Fsp3) is 0.611. The van der Waals surface area contributed by atoms with Crippen molar-refractivity contribution in [1.82, 2.24) is 15.5 Å². The maximum absolute atomic E-state index is 5.36. The second-order valence-corrected chi connectivity index (χ2v) is 6.66. The molecule has 0 atom stereocenters. The molecule has 0 amide bonds. The van der Waals surface area contributed by atoms with Crippen LogP contribution in [0.5, 0.6) is 11.5 Å². The lowest BCUT2D eigenvalue weighted by Gasteiger charge is -2.18. The molecule has 9 heteroatoms. The van der Waals surface area contributed by atoms with E-state index < -0.39 is 0 Å². The molecule has 1 rings (SSSR count). The average Bonchev–Trinajstić information content (AvgIpc) is 2.65. The highest BCUT2D eigenvalue weighted by atomic mass is 127. The quantitative estimate of drug-likeness (QED) is 0.188. The van der Waals surface area contributed by atoms with Crippen molar-refractivity contribution in [2.24, 2.45) is 4.99 Å². The fourth-order valence-electron chi connectivity index (χ4n) is 2.39. The van der Waals surface area contributed by atoms with E-state index in [9.17, 15) is 0 Å². The minimum atomic E-state index is 0. The largest absolute Gasteiger partial charge is 0.493 e. The molecule has 0 saturated heterocycles. The molecule has 0 aliphatic rings. The highest BCUT2D eigenvalue weighted by Crippen LogP contribution is 2.33. The zero-order valence-electron chi connectivity index (χ0n) is 16.8. The number of hydrogen-bond donors (Lipinski definition) is 2. The van der Waals surface area contributed by atoms with Gasteiger partial charge in [-0.2, -0.15) is 0 Å². The molecule has 0 fully saturated rings. The van der Waals surface area contributed by atoms with E-state index in [1.165, 1.54) is 0 Å². The summed E-state index contributed by atoms with van der Waals surface area (Å²) in [6.45, 7) is 4.17. The van der Waals surface area contributed by atoms with Crippen LogP contribution in [0, 0.1) is 0 Å². The molecule has 0 spiro atoms. The van der Waals surface area contributed by atoms with E-state index in [0.29, 0.717) is 18.0 Å². The number of halogens is 2. The van der Waals surface area contributed by atoms with Gasteiger partial charge in [0.25, 0.3) is 0 Å². The Morgan fingerprint density at radius 2 is 1.78 bits per heavy atom. The summed E-state index contributed by atoms with van der Waals surface area (Å²) in [6, 6.07) is 3.85. The van der Waals surface area contributed by atoms with Crippen LogP contribution in [0.3, 0.4) is 0 Å². The standard InChI is InChI=1S/C18H31BrN4O3.HI/c1-20-18(21-7-9-23(2)8-6-10-24-3)22-13-14-11-16(25-4)17(26-5)12-15(14)19;/h11-12H,6-10,13H2,1-5H3,(H2,20,21,22);1H. The SMILES string of the molecule is CN=C(NCCN(C)CCCOC)NCc1cc(OC)c(OC)cc1Br.I. The maximum Gasteiger partial charge on any atom is 0.191 e. The van der Waals surface area contributed by atoms with Gasteiger partial charge in [0, 0.05) is 51.4 Å². The van der Waals surface area contributed by atoms with E-state index in [4.69, 9.17) is 14.2 Å². The third-order valence-electron chi connectivity index (χ3n) is 3.90. The predicted octanol–water partition coefficient (Wildman–Crippen LogP) is 2.72. The number of nitrogens with zero attached hydrogens (tertiary/aromatic N) is 2. The molecule has 0 radical (unpaired) electrons. The number of ether oxygens (including phenoxy) is 3. The topological polar surface area (TPSA) is 67.4 Å². The normalized spacial score (nSPS) is 11.1. The molecule has 0 heterocycles. The number of aliphatic imine (C=N–C) groups is 1. The number of methoxy groups -OCH3 is 3. The lowest BCUT2D eigenvalue weighted by Crippen LogP contribution is -2.40. The fourth-order valence-corrected chi connectivity index (χ4v) is 2.85. The molecule has 27 heavy (non-hydrogen) atoms. The lowest BCUT2D eigenvalue weighted by atomic mass is 10.2. The van der Waals surface area contributed by atoms with Crippen molar-refractivity contribution in [3.8, 4) is 11.5 Å². The molecule has 1 aromatic rings. The van der Waals surface area contributed by atoms with Gasteiger partial charge in [0.1, 0.15) is 0 Å². The second-order valence-electron chi connectivity index (χ2n) is 5.80. The van der Waals surface area contributed by atoms with E-state index in [0.717, 1.165) is 48.7 Å². The Morgan fingerprint density at radius 3 is 2.37 bits per heavy atom. The number of hydrogen-bond acceptors (Lipinski definition) is 5. The smallest absolute Gasteiger partial charge is 0.191 e. The van der Waals surface area contributed by atoms with E-state index >= 15 is 0 Å². The van der Waals surface area contributed by atoms with Crippen LogP contribution in [-0.4, -0.2) is 72.5 Å². The van der Waals surface area contributed by atoms with Gasteiger partial charge in [-0.3, -0.25) is 4.99 Å². The second kappa shape index (κ2) is 15.2. The van der Waals surface area contributed by atoms with Crippen LogP contribution in [0.25, 0.3) is 0 Å². The van der Waals surface area contributed by atoms with Crippen molar-refractivity contribution in [3.63, 3.8) is 0 Å². The van der Waals surface area contributed by atoms with Gasteiger partial charge in [-0.1, -0.05) is 15.9 Å². The summed E-state index contributed by atoms with van der Waals surface area (Å²) in [6.07, 6.45) is 1.04. The minimum absolute atomic E-state index is 0. The summed E-state index contributed by atoms with van der Waals surface area (Å²) >= 11 is 3.57. The van der Waals surface area contributed by atoms with Gasteiger partial charge in [-0.15, -0.1) is 24.0 Å². The molecule has 2 N–H and O–H groups in total. The van der Waals surface area contributed by atoms with Crippen LogP contribution in [-0.2, 0) is 11.3 Å². The van der Waals surface area contributed by atoms with Gasteiger partial charge in [0.05, 0.1) is 14.2 Å². The van der Waals surface area contributed by atoms with Crippen LogP contribution in [0.4, 0.5) is 0 Å². The van der Waals surface area contributed by atoms with Crippen LogP contribution in [0.2, 0.25) is 0 Å². The van der Waals surface area contributed by atoms with Gasteiger partial charge in [0.15, 0.2) is 17.5 Å². The first-order chi connectivity index (χ1) is 12.5. The molecular weight excluding hydrogens is 527 g/mol. The molecule has 0 aliphatic carbocycles.